The molecule has 0 saturated carbocycles. The summed E-state index contributed by atoms with van der Waals surface area (Å²) >= 11 is 0. The van der Waals surface area contributed by atoms with Gasteiger partial charge in [0.2, 0.25) is 11.7 Å². The van der Waals surface area contributed by atoms with Crippen LogP contribution in [-0.2, 0) is 17.8 Å². The van der Waals surface area contributed by atoms with Crippen LogP contribution in [0.5, 0.6) is 0 Å². The number of benzene rings is 1. The Hall–Kier alpha value is -2.68. The highest BCUT2D eigenvalue weighted by Crippen LogP contribution is 2.10. The number of nitrogens with zero attached hydrogens (tertiary/aromatic N) is 4. The molecular weight excluding hydrogens is 242 g/mol. The largest absolute Gasteiger partial charge is 0.325 e. The highest BCUT2D eigenvalue weighted by Gasteiger charge is 2.08. The summed E-state index contributed by atoms with van der Waals surface area (Å²) in [6, 6.07) is 9.51. The summed E-state index contributed by atoms with van der Waals surface area (Å²) in [5.41, 5.74) is 1.94. The topological polar surface area (TPSA) is 83.6 Å². The van der Waals surface area contributed by atoms with Gasteiger partial charge in [-0.25, -0.2) is 0 Å². The zero-order valence-electron chi connectivity index (χ0n) is 10.5. The van der Waals surface area contributed by atoms with E-state index in [0.29, 0.717) is 0 Å². The normalized spacial score (nSPS) is 9.89. The first kappa shape index (κ1) is 12.8. The van der Waals surface area contributed by atoms with Gasteiger partial charge in [0.25, 0.3) is 0 Å². The van der Waals surface area contributed by atoms with Gasteiger partial charge in [0.1, 0.15) is 18.9 Å². The van der Waals surface area contributed by atoms with Crippen LogP contribution in [0.15, 0.2) is 30.6 Å². The van der Waals surface area contributed by atoms with Gasteiger partial charge in [0, 0.05) is 5.69 Å². The predicted molar refractivity (Wildman–Crippen MR) is 69.2 cm³/mol. The fraction of sp³-hybridized carbons (Fsp3) is 0.231. The molecule has 0 aliphatic rings. The molecule has 6 nitrogen and oxygen atoms in total. The van der Waals surface area contributed by atoms with Crippen LogP contribution in [0.2, 0.25) is 0 Å². The second kappa shape index (κ2) is 5.78. The number of rotatable bonds is 4. The van der Waals surface area contributed by atoms with Gasteiger partial charge in [0.15, 0.2) is 0 Å². The smallest absolute Gasteiger partial charge is 0.244 e. The first-order valence-corrected chi connectivity index (χ1v) is 5.89. The van der Waals surface area contributed by atoms with Crippen molar-refractivity contribution in [3.05, 3.63) is 42.0 Å². The van der Waals surface area contributed by atoms with E-state index in [1.54, 1.807) is 0 Å². The fourth-order valence-electron chi connectivity index (χ4n) is 1.64. The zero-order valence-corrected chi connectivity index (χ0v) is 10.5. The first-order valence-electron chi connectivity index (χ1n) is 5.89. The number of hydrogen-bond donors (Lipinski definition) is 1. The number of hydrogen-bond acceptors (Lipinski definition) is 4. The molecule has 0 unspecified atom stereocenters. The third kappa shape index (κ3) is 3.16. The summed E-state index contributed by atoms with van der Waals surface area (Å²) in [6.45, 7) is 2.09. The minimum Gasteiger partial charge on any atom is -0.325 e. The summed E-state index contributed by atoms with van der Waals surface area (Å²) in [7, 11) is 0. The number of nitriles is 1. The average molecular weight is 255 g/mol. The van der Waals surface area contributed by atoms with Gasteiger partial charge in [-0.2, -0.15) is 5.26 Å². The van der Waals surface area contributed by atoms with Gasteiger partial charge >= 0.3 is 0 Å². The number of amides is 1. The van der Waals surface area contributed by atoms with E-state index in [4.69, 9.17) is 5.26 Å². The van der Waals surface area contributed by atoms with Crippen LogP contribution in [0, 0.1) is 11.3 Å². The highest BCUT2D eigenvalue weighted by atomic mass is 16.1. The Labute approximate surface area is 110 Å². The Balaban J connectivity index is 1.99. The molecule has 1 heterocycles. The molecule has 96 valence electrons. The summed E-state index contributed by atoms with van der Waals surface area (Å²) in [4.78, 5) is 11.8. The van der Waals surface area contributed by atoms with Gasteiger partial charge in [-0.3, -0.25) is 9.36 Å². The Kier molecular flexibility index (Phi) is 3.88. The highest BCUT2D eigenvalue weighted by molar-refractivity contribution is 5.90. The van der Waals surface area contributed by atoms with Crippen molar-refractivity contribution >= 4 is 11.6 Å². The van der Waals surface area contributed by atoms with E-state index in [1.807, 2.05) is 30.3 Å². The molecule has 19 heavy (non-hydrogen) atoms. The molecule has 2 rings (SSSR count). The molecule has 0 aliphatic carbocycles. The van der Waals surface area contributed by atoms with Crippen molar-refractivity contribution in [2.24, 2.45) is 0 Å². The Morgan fingerprint density at radius 1 is 1.42 bits per heavy atom. The van der Waals surface area contributed by atoms with E-state index in [1.165, 1.54) is 16.5 Å². The van der Waals surface area contributed by atoms with Crippen molar-refractivity contribution in [3.63, 3.8) is 0 Å². The standard InChI is InChI=1S/C13H13N5O/c1-2-10-3-5-11(6-4-10)16-13(19)8-18-9-15-17-12(18)7-14/h3-6,9H,2,8H2,1H3,(H,16,19). The summed E-state index contributed by atoms with van der Waals surface area (Å²) in [5.74, 6) is -0.1000. The molecule has 1 aromatic heterocycles. The third-order valence-corrected chi connectivity index (χ3v) is 2.68. The number of carbonyl (C=O) groups excluding carboxylic acids is 1. The van der Waals surface area contributed by atoms with Crippen LogP contribution >= 0.6 is 0 Å². The molecule has 2 aromatic rings. The molecule has 0 fully saturated rings. The van der Waals surface area contributed by atoms with E-state index in [0.717, 1.165) is 12.1 Å². The minimum atomic E-state index is -0.222. The summed E-state index contributed by atoms with van der Waals surface area (Å²) in [5, 5.41) is 18.7. The molecule has 0 spiro atoms. The lowest BCUT2D eigenvalue weighted by molar-refractivity contribution is -0.116. The van der Waals surface area contributed by atoms with Gasteiger partial charge in [-0.1, -0.05) is 19.1 Å². The number of anilines is 1. The number of aromatic nitrogens is 3. The predicted octanol–water partition coefficient (Wildman–Crippen LogP) is 1.35. The molecule has 6 heteroatoms. The number of carbonyl (C=O) groups is 1. The zero-order chi connectivity index (χ0) is 13.7. The molecule has 1 aromatic carbocycles. The van der Waals surface area contributed by atoms with Crippen molar-refractivity contribution < 1.29 is 4.79 Å². The molecule has 0 atom stereocenters. The summed E-state index contributed by atoms with van der Waals surface area (Å²) in [6.07, 6.45) is 2.32. The van der Waals surface area contributed by atoms with Crippen LogP contribution in [0.3, 0.4) is 0 Å². The van der Waals surface area contributed by atoms with Crippen LogP contribution < -0.4 is 5.32 Å². The molecule has 0 radical (unpaired) electrons. The lowest BCUT2D eigenvalue weighted by Crippen LogP contribution is -2.19. The van der Waals surface area contributed by atoms with Gasteiger partial charge < -0.3 is 5.32 Å². The van der Waals surface area contributed by atoms with Crippen LogP contribution in [0.25, 0.3) is 0 Å². The maximum atomic E-state index is 11.8. The fourth-order valence-corrected chi connectivity index (χ4v) is 1.64. The van der Waals surface area contributed by atoms with E-state index in [9.17, 15) is 4.79 Å². The maximum Gasteiger partial charge on any atom is 0.244 e. The molecular formula is C13H13N5O. The number of aryl methyl sites for hydroxylation is 1. The Morgan fingerprint density at radius 3 is 2.79 bits per heavy atom. The molecule has 1 amide bonds. The van der Waals surface area contributed by atoms with Crippen molar-refractivity contribution in [2.45, 2.75) is 19.9 Å². The van der Waals surface area contributed by atoms with E-state index >= 15 is 0 Å². The van der Waals surface area contributed by atoms with Crippen molar-refractivity contribution in [3.8, 4) is 6.07 Å². The monoisotopic (exact) mass is 255 g/mol. The quantitative estimate of drug-likeness (QED) is 0.893. The van der Waals surface area contributed by atoms with E-state index in [2.05, 4.69) is 22.4 Å². The summed E-state index contributed by atoms with van der Waals surface area (Å²) < 4.78 is 1.40. The van der Waals surface area contributed by atoms with Gasteiger partial charge in [-0.05, 0) is 24.1 Å². The SMILES string of the molecule is CCc1ccc(NC(=O)Cn2cnnc2C#N)cc1. The van der Waals surface area contributed by atoms with Crippen LogP contribution in [-0.4, -0.2) is 20.7 Å². The first-order chi connectivity index (χ1) is 9.22. The van der Waals surface area contributed by atoms with Crippen molar-refractivity contribution in [1.82, 2.24) is 14.8 Å². The Morgan fingerprint density at radius 2 is 2.16 bits per heavy atom. The number of nitrogens with one attached hydrogen (secondary N) is 1. The van der Waals surface area contributed by atoms with Gasteiger partial charge in [0.05, 0.1) is 0 Å². The lowest BCUT2D eigenvalue weighted by atomic mass is 10.1. The van der Waals surface area contributed by atoms with Crippen LogP contribution in [0.4, 0.5) is 5.69 Å². The van der Waals surface area contributed by atoms with Crippen molar-refractivity contribution in [2.75, 3.05) is 5.32 Å². The molecule has 0 saturated heterocycles. The molecule has 0 aliphatic heterocycles. The second-order valence-corrected chi connectivity index (χ2v) is 3.99. The maximum absolute atomic E-state index is 11.8. The van der Waals surface area contributed by atoms with E-state index < -0.39 is 0 Å². The second-order valence-electron chi connectivity index (χ2n) is 3.99. The third-order valence-electron chi connectivity index (χ3n) is 2.68. The van der Waals surface area contributed by atoms with Crippen molar-refractivity contribution in [1.29, 1.82) is 5.26 Å². The minimum absolute atomic E-state index is 0.0193. The molecule has 0 bridgehead atoms. The van der Waals surface area contributed by atoms with Gasteiger partial charge in [-0.15, -0.1) is 10.2 Å². The average Bonchev–Trinajstić information content (AvgIpc) is 2.86. The van der Waals surface area contributed by atoms with E-state index in [-0.39, 0.29) is 18.3 Å². The molecule has 1 N–H and O–H groups in total. The lowest BCUT2D eigenvalue weighted by Gasteiger charge is -2.06. The van der Waals surface area contributed by atoms with Crippen LogP contribution in [0.1, 0.15) is 18.3 Å². The Bertz CT molecular complexity index is 609.